The fourth-order valence-corrected chi connectivity index (χ4v) is 3.49. The lowest BCUT2D eigenvalue weighted by Crippen LogP contribution is -2.05. The summed E-state index contributed by atoms with van der Waals surface area (Å²) in [5, 5.41) is 8.90. The molecule has 0 aromatic heterocycles. The second kappa shape index (κ2) is 6.92. The highest BCUT2D eigenvalue weighted by Gasteiger charge is 2.34. The van der Waals surface area contributed by atoms with E-state index in [1.807, 2.05) is 30.3 Å². The number of aliphatic hydroxyl groups excluding tert-OH is 1. The van der Waals surface area contributed by atoms with Gasteiger partial charge in [-0.15, -0.1) is 0 Å². The third-order valence-corrected chi connectivity index (χ3v) is 5.05. The molecule has 0 fully saturated rings. The fourth-order valence-electron chi connectivity index (χ4n) is 1.80. The van der Waals surface area contributed by atoms with Crippen LogP contribution in [0.15, 0.2) is 30.3 Å². The van der Waals surface area contributed by atoms with Gasteiger partial charge in [0.2, 0.25) is 0 Å². The number of rotatable bonds is 7. The number of benzene rings is 1. The Bertz CT molecular complexity index is 358. The highest BCUT2D eigenvalue weighted by Crippen LogP contribution is 2.61. The van der Waals surface area contributed by atoms with Crippen molar-refractivity contribution in [2.75, 3.05) is 20.8 Å². The Morgan fingerprint density at radius 3 is 2.29 bits per heavy atom. The van der Waals surface area contributed by atoms with Crippen LogP contribution >= 0.6 is 7.60 Å². The summed E-state index contributed by atoms with van der Waals surface area (Å²) in [6.07, 6.45) is 1.13. The molecule has 0 amide bonds. The molecule has 4 nitrogen and oxygen atoms in total. The molecule has 1 N–H and O–H groups in total. The van der Waals surface area contributed by atoms with E-state index in [1.165, 1.54) is 14.2 Å². The minimum absolute atomic E-state index is 0.0662. The Kier molecular flexibility index (Phi) is 5.86. The predicted molar refractivity (Wildman–Crippen MR) is 67.1 cm³/mol. The largest absolute Gasteiger partial charge is 0.396 e. The minimum atomic E-state index is -3.15. The van der Waals surface area contributed by atoms with Crippen LogP contribution in [0, 0.1) is 0 Å². The molecule has 0 saturated carbocycles. The fraction of sp³-hybridized carbons (Fsp3) is 0.500. The standard InChI is InChI=1S/C12H19O4P/c1-15-17(14,16-2)12(9-6-10-13)11-7-4-3-5-8-11/h3-5,7-8,12-13H,6,9-10H2,1-2H3. The van der Waals surface area contributed by atoms with Crippen LogP contribution in [0.1, 0.15) is 24.1 Å². The quantitative estimate of drug-likeness (QED) is 0.764. The van der Waals surface area contributed by atoms with Gasteiger partial charge >= 0.3 is 7.60 Å². The first-order chi connectivity index (χ1) is 8.18. The summed E-state index contributed by atoms with van der Waals surface area (Å²) in [6, 6.07) is 9.46. The van der Waals surface area contributed by atoms with Gasteiger partial charge in [0.25, 0.3) is 0 Å². The van der Waals surface area contributed by atoms with E-state index in [9.17, 15) is 4.57 Å². The van der Waals surface area contributed by atoms with Gasteiger partial charge in [0.05, 0.1) is 5.66 Å². The highest BCUT2D eigenvalue weighted by atomic mass is 31.2. The molecule has 1 unspecified atom stereocenters. The molecule has 0 heterocycles. The van der Waals surface area contributed by atoms with Gasteiger partial charge in [-0.2, -0.15) is 0 Å². The van der Waals surface area contributed by atoms with Gasteiger partial charge in [-0.05, 0) is 18.4 Å². The summed E-state index contributed by atoms with van der Waals surface area (Å²) in [5.74, 6) is 0. The van der Waals surface area contributed by atoms with E-state index in [-0.39, 0.29) is 12.3 Å². The molecule has 0 aliphatic rings. The molecule has 0 aliphatic heterocycles. The second-order valence-corrected chi connectivity index (χ2v) is 6.13. The van der Waals surface area contributed by atoms with Crippen molar-refractivity contribution in [3.05, 3.63) is 35.9 Å². The van der Waals surface area contributed by atoms with E-state index < -0.39 is 7.60 Å². The van der Waals surface area contributed by atoms with E-state index in [1.54, 1.807) is 0 Å². The predicted octanol–water partition coefficient (Wildman–Crippen LogP) is 2.99. The summed E-state index contributed by atoms with van der Waals surface area (Å²) in [5.41, 5.74) is 0.582. The molecule has 17 heavy (non-hydrogen) atoms. The van der Waals surface area contributed by atoms with E-state index in [4.69, 9.17) is 14.2 Å². The zero-order chi connectivity index (χ0) is 12.7. The van der Waals surface area contributed by atoms with Crippen molar-refractivity contribution in [3.63, 3.8) is 0 Å². The molecule has 96 valence electrons. The van der Waals surface area contributed by atoms with E-state index in [0.717, 1.165) is 5.56 Å². The molecule has 1 aromatic carbocycles. The first-order valence-corrected chi connectivity index (χ1v) is 7.16. The van der Waals surface area contributed by atoms with E-state index >= 15 is 0 Å². The van der Waals surface area contributed by atoms with E-state index in [2.05, 4.69) is 0 Å². The lowest BCUT2D eigenvalue weighted by Gasteiger charge is -2.24. The smallest absolute Gasteiger partial charge is 0.337 e. The lowest BCUT2D eigenvalue weighted by molar-refractivity contribution is 0.254. The molecule has 0 radical (unpaired) electrons. The molecular weight excluding hydrogens is 239 g/mol. The molecule has 0 spiro atoms. The van der Waals surface area contributed by atoms with Gasteiger partial charge in [0.15, 0.2) is 0 Å². The number of aliphatic hydroxyl groups is 1. The molecule has 5 heteroatoms. The van der Waals surface area contributed by atoms with Crippen LogP contribution in [-0.4, -0.2) is 25.9 Å². The van der Waals surface area contributed by atoms with Crippen molar-refractivity contribution >= 4 is 7.60 Å². The van der Waals surface area contributed by atoms with Crippen LogP contribution in [0.4, 0.5) is 0 Å². The normalized spacial score (nSPS) is 13.6. The maximum absolute atomic E-state index is 12.4. The van der Waals surface area contributed by atoms with Crippen molar-refractivity contribution in [2.24, 2.45) is 0 Å². The molecule has 1 atom stereocenters. The van der Waals surface area contributed by atoms with Gasteiger partial charge < -0.3 is 14.2 Å². The summed E-state index contributed by atoms with van der Waals surface area (Å²) >= 11 is 0. The van der Waals surface area contributed by atoms with Gasteiger partial charge in [-0.25, -0.2) is 0 Å². The summed E-state index contributed by atoms with van der Waals surface area (Å²) < 4.78 is 22.5. The minimum Gasteiger partial charge on any atom is -0.396 e. The average Bonchev–Trinajstić information content (AvgIpc) is 2.40. The van der Waals surface area contributed by atoms with Crippen molar-refractivity contribution in [1.82, 2.24) is 0 Å². The van der Waals surface area contributed by atoms with Gasteiger partial charge in [-0.3, -0.25) is 4.57 Å². The highest BCUT2D eigenvalue weighted by molar-refractivity contribution is 7.54. The topological polar surface area (TPSA) is 55.8 Å². The summed E-state index contributed by atoms with van der Waals surface area (Å²) in [7, 11) is -0.378. The van der Waals surface area contributed by atoms with Crippen LogP contribution in [0.5, 0.6) is 0 Å². The maximum Gasteiger partial charge on any atom is 0.337 e. The van der Waals surface area contributed by atoms with Crippen LogP contribution in [0.2, 0.25) is 0 Å². The Labute approximate surface area is 102 Å². The third-order valence-electron chi connectivity index (χ3n) is 2.71. The van der Waals surface area contributed by atoms with Crippen LogP contribution < -0.4 is 0 Å². The van der Waals surface area contributed by atoms with Crippen molar-refractivity contribution < 1.29 is 18.7 Å². The zero-order valence-corrected chi connectivity index (χ0v) is 11.1. The Hall–Kier alpha value is -0.670. The Morgan fingerprint density at radius 2 is 1.82 bits per heavy atom. The molecule has 0 saturated heterocycles. The van der Waals surface area contributed by atoms with Crippen molar-refractivity contribution in [1.29, 1.82) is 0 Å². The lowest BCUT2D eigenvalue weighted by atomic mass is 10.1. The molecule has 0 bridgehead atoms. The van der Waals surface area contributed by atoms with E-state index in [0.29, 0.717) is 12.8 Å². The average molecular weight is 258 g/mol. The van der Waals surface area contributed by atoms with Crippen molar-refractivity contribution in [3.8, 4) is 0 Å². The Morgan fingerprint density at radius 1 is 1.24 bits per heavy atom. The summed E-state index contributed by atoms with van der Waals surface area (Å²) in [4.78, 5) is 0. The Balaban J connectivity index is 2.99. The first kappa shape index (κ1) is 14.4. The van der Waals surface area contributed by atoms with Gasteiger partial charge in [-0.1, -0.05) is 30.3 Å². The number of hydrogen-bond donors (Lipinski definition) is 1. The maximum atomic E-state index is 12.4. The molecule has 0 aliphatic carbocycles. The van der Waals surface area contributed by atoms with Crippen LogP contribution in [0.3, 0.4) is 0 Å². The monoisotopic (exact) mass is 258 g/mol. The molecular formula is C12H19O4P. The molecule has 1 aromatic rings. The summed E-state index contributed by atoms with van der Waals surface area (Å²) in [6.45, 7) is 0.0662. The number of hydrogen-bond acceptors (Lipinski definition) is 4. The van der Waals surface area contributed by atoms with Crippen LogP contribution in [-0.2, 0) is 13.6 Å². The van der Waals surface area contributed by atoms with Crippen molar-refractivity contribution in [2.45, 2.75) is 18.5 Å². The van der Waals surface area contributed by atoms with Gasteiger partial charge in [0, 0.05) is 20.8 Å². The first-order valence-electron chi connectivity index (χ1n) is 5.55. The third kappa shape index (κ3) is 3.65. The second-order valence-electron chi connectivity index (χ2n) is 3.70. The van der Waals surface area contributed by atoms with Crippen LogP contribution in [0.25, 0.3) is 0 Å². The SMILES string of the molecule is COP(=O)(OC)C(CCCO)c1ccccc1. The molecule has 1 rings (SSSR count). The van der Waals surface area contributed by atoms with Gasteiger partial charge in [0.1, 0.15) is 0 Å². The zero-order valence-electron chi connectivity index (χ0n) is 10.2.